The molecule has 5 rings (SSSR count). The van der Waals surface area contributed by atoms with Crippen LogP contribution in [0.2, 0.25) is 5.02 Å². The van der Waals surface area contributed by atoms with Crippen molar-refractivity contribution in [2.24, 2.45) is 11.7 Å². The van der Waals surface area contributed by atoms with E-state index in [0.717, 1.165) is 11.8 Å². The van der Waals surface area contributed by atoms with Gasteiger partial charge in [-0.15, -0.1) is 0 Å². The van der Waals surface area contributed by atoms with Crippen LogP contribution < -0.4 is 10.5 Å². The summed E-state index contributed by atoms with van der Waals surface area (Å²) >= 11 is 6.02. The molecule has 254 valence electrons. The summed E-state index contributed by atoms with van der Waals surface area (Å²) in [6.45, 7) is 0.699. The third-order valence-corrected chi connectivity index (χ3v) is 9.27. The van der Waals surface area contributed by atoms with E-state index in [0.29, 0.717) is 47.5 Å². The summed E-state index contributed by atoms with van der Waals surface area (Å²) in [6.07, 6.45) is 2.09. The standard InChI is InChI=1S/C35H39ClN4O7S/c1-48(44,45)39-32(24-9-3-2-4-10-24)35(43)40-21-27(46-22-23-14-16-26(36)17-15-23)20-29(40)30(41)19-25(11-7-8-18-37)33(42)34-38-28-12-5-6-13-31(28)47-34/h2-6,9-10,12-17,25,27,29,32,39H,7-8,11,18-22,37H2,1H3/t25-,27-,29+,32-/m1/s1. The summed E-state index contributed by atoms with van der Waals surface area (Å²) in [5.74, 6) is -2.17. The van der Waals surface area contributed by atoms with Crippen LogP contribution in [0.4, 0.5) is 0 Å². The maximum absolute atomic E-state index is 14.2. The number of hydrogen-bond donors (Lipinski definition) is 2. The average Bonchev–Trinajstić information content (AvgIpc) is 3.71. The van der Waals surface area contributed by atoms with Crippen LogP contribution in [0.1, 0.15) is 60.0 Å². The van der Waals surface area contributed by atoms with E-state index in [1.807, 2.05) is 12.1 Å². The van der Waals surface area contributed by atoms with Crippen molar-refractivity contribution < 1.29 is 32.0 Å². The molecule has 1 amide bonds. The van der Waals surface area contributed by atoms with Crippen molar-refractivity contribution in [3.8, 4) is 0 Å². The molecule has 2 heterocycles. The number of benzene rings is 3. The lowest BCUT2D eigenvalue weighted by atomic mass is 9.89. The summed E-state index contributed by atoms with van der Waals surface area (Å²) in [4.78, 5) is 47.9. The zero-order chi connectivity index (χ0) is 34.3. The number of amides is 1. The van der Waals surface area contributed by atoms with E-state index in [9.17, 15) is 22.8 Å². The van der Waals surface area contributed by atoms with Crippen molar-refractivity contribution in [2.75, 3.05) is 19.3 Å². The van der Waals surface area contributed by atoms with Gasteiger partial charge < -0.3 is 19.8 Å². The lowest BCUT2D eigenvalue weighted by molar-refractivity contribution is -0.139. The number of ketones is 2. The number of unbranched alkanes of at least 4 members (excludes halogenated alkanes) is 1. The number of fused-ring (bicyclic) bond motifs is 1. The highest BCUT2D eigenvalue weighted by Gasteiger charge is 2.44. The fourth-order valence-electron chi connectivity index (χ4n) is 5.94. The Morgan fingerprint density at radius 1 is 1.04 bits per heavy atom. The number of nitrogens with one attached hydrogen (secondary N) is 1. The van der Waals surface area contributed by atoms with Gasteiger partial charge in [0.15, 0.2) is 11.4 Å². The molecule has 4 aromatic rings. The molecule has 1 aliphatic heterocycles. The van der Waals surface area contributed by atoms with Gasteiger partial charge in [-0.05, 0) is 54.8 Å². The van der Waals surface area contributed by atoms with Crippen LogP contribution in [-0.4, -0.2) is 67.3 Å². The van der Waals surface area contributed by atoms with Crippen molar-refractivity contribution in [2.45, 2.75) is 56.9 Å². The summed E-state index contributed by atoms with van der Waals surface area (Å²) in [5.41, 5.74) is 8.00. The second-order valence-electron chi connectivity index (χ2n) is 12.0. The number of carbonyl (C=O) groups is 3. The summed E-state index contributed by atoms with van der Waals surface area (Å²) in [7, 11) is -3.83. The van der Waals surface area contributed by atoms with Gasteiger partial charge in [0.1, 0.15) is 11.6 Å². The van der Waals surface area contributed by atoms with E-state index < -0.39 is 45.8 Å². The van der Waals surface area contributed by atoms with Crippen LogP contribution in [0.15, 0.2) is 83.3 Å². The molecule has 0 spiro atoms. The number of nitrogens with two attached hydrogens (primary N) is 1. The predicted molar refractivity (Wildman–Crippen MR) is 182 cm³/mol. The smallest absolute Gasteiger partial charge is 0.264 e. The highest BCUT2D eigenvalue weighted by molar-refractivity contribution is 7.88. The Morgan fingerprint density at radius 3 is 2.44 bits per heavy atom. The van der Waals surface area contributed by atoms with Crippen molar-refractivity contribution in [3.63, 3.8) is 0 Å². The SMILES string of the molecule is CS(=O)(=O)N[C@@H](C(=O)N1C[C@H](OCc2ccc(Cl)cc2)C[C@H]1C(=O)C[C@@H](CCCCN)C(=O)c1nc2ccccc2o1)c1ccccc1. The van der Waals surface area contributed by atoms with Crippen LogP contribution in [-0.2, 0) is 31.0 Å². The van der Waals surface area contributed by atoms with Crippen LogP contribution in [0.3, 0.4) is 0 Å². The number of aromatic nitrogens is 1. The van der Waals surface area contributed by atoms with Crippen LogP contribution in [0.5, 0.6) is 0 Å². The van der Waals surface area contributed by atoms with Gasteiger partial charge in [-0.3, -0.25) is 14.4 Å². The molecule has 1 aliphatic rings. The van der Waals surface area contributed by atoms with Crippen molar-refractivity contribution in [1.29, 1.82) is 0 Å². The van der Waals surface area contributed by atoms with Crippen molar-refractivity contribution >= 4 is 50.2 Å². The van der Waals surface area contributed by atoms with Gasteiger partial charge in [-0.2, -0.15) is 4.72 Å². The Labute approximate surface area is 284 Å². The molecule has 4 atom stereocenters. The maximum Gasteiger partial charge on any atom is 0.264 e. The number of hydrogen-bond acceptors (Lipinski definition) is 9. The molecule has 0 saturated carbocycles. The van der Waals surface area contributed by atoms with E-state index in [2.05, 4.69) is 9.71 Å². The number of ether oxygens (including phenoxy) is 1. The first-order valence-corrected chi connectivity index (χ1v) is 18.1. The quantitative estimate of drug-likeness (QED) is 0.123. The number of sulfonamides is 1. The Kier molecular flexibility index (Phi) is 11.8. The zero-order valence-electron chi connectivity index (χ0n) is 26.6. The van der Waals surface area contributed by atoms with Gasteiger partial charge in [0.05, 0.1) is 25.0 Å². The minimum absolute atomic E-state index is 0.0501. The van der Waals surface area contributed by atoms with Crippen molar-refractivity contribution in [3.05, 3.63) is 101 Å². The number of nitrogens with zero attached hydrogens (tertiary/aromatic N) is 2. The van der Waals surface area contributed by atoms with E-state index in [1.165, 1.54) is 4.90 Å². The molecular formula is C35H39ClN4O7S. The largest absolute Gasteiger partial charge is 0.434 e. The molecule has 0 unspecified atom stereocenters. The maximum atomic E-state index is 14.2. The molecule has 3 N–H and O–H groups in total. The molecule has 48 heavy (non-hydrogen) atoms. The van der Waals surface area contributed by atoms with Gasteiger partial charge in [0.2, 0.25) is 21.7 Å². The molecule has 3 aromatic carbocycles. The number of para-hydroxylation sites is 2. The van der Waals surface area contributed by atoms with Crippen LogP contribution >= 0.6 is 11.6 Å². The Bertz CT molecular complexity index is 1800. The van der Waals surface area contributed by atoms with Crippen LogP contribution in [0.25, 0.3) is 11.1 Å². The van der Waals surface area contributed by atoms with E-state index in [4.69, 9.17) is 26.5 Å². The molecular weight excluding hydrogens is 656 g/mol. The first-order chi connectivity index (χ1) is 23.0. The minimum atomic E-state index is -3.83. The molecule has 1 fully saturated rings. The molecule has 0 radical (unpaired) electrons. The zero-order valence-corrected chi connectivity index (χ0v) is 28.2. The Balaban J connectivity index is 1.41. The van der Waals surface area contributed by atoms with Crippen molar-refractivity contribution in [1.82, 2.24) is 14.6 Å². The number of oxazole rings is 1. The second kappa shape index (κ2) is 16.0. The number of rotatable bonds is 16. The highest BCUT2D eigenvalue weighted by atomic mass is 35.5. The normalized spacial score (nSPS) is 17.8. The monoisotopic (exact) mass is 694 g/mol. The molecule has 11 nitrogen and oxygen atoms in total. The van der Waals surface area contributed by atoms with E-state index in [-0.39, 0.29) is 37.7 Å². The third-order valence-electron chi connectivity index (χ3n) is 8.36. The topological polar surface area (TPSA) is 162 Å². The summed E-state index contributed by atoms with van der Waals surface area (Å²) < 4.78 is 39.2. The number of Topliss-reactive ketones (excluding diaryl/α,β-unsaturated/α-hetero) is 2. The number of halogens is 1. The Hall–Kier alpha value is -3.94. The molecule has 0 bridgehead atoms. The second-order valence-corrected chi connectivity index (χ2v) is 14.3. The van der Waals surface area contributed by atoms with Crippen LogP contribution in [0, 0.1) is 5.92 Å². The van der Waals surface area contributed by atoms with Gasteiger partial charge >= 0.3 is 0 Å². The number of likely N-dealkylation sites (tertiary alicyclic amines) is 1. The molecule has 13 heteroatoms. The minimum Gasteiger partial charge on any atom is -0.434 e. The fraction of sp³-hybridized carbons (Fsp3) is 0.371. The van der Waals surface area contributed by atoms with Gasteiger partial charge in [-0.25, -0.2) is 13.4 Å². The fourth-order valence-corrected chi connectivity index (χ4v) is 6.73. The first kappa shape index (κ1) is 35.4. The predicted octanol–water partition coefficient (Wildman–Crippen LogP) is 4.85. The summed E-state index contributed by atoms with van der Waals surface area (Å²) in [5, 5.41) is 0.584. The summed E-state index contributed by atoms with van der Waals surface area (Å²) in [6, 6.07) is 20.4. The van der Waals surface area contributed by atoms with Gasteiger partial charge in [-0.1, -0.05) is 72.6 Å². The van der Waals surface area contributed by atoms with Gasteiger partial charge in [0.25, 0.3) is 5.89 Å². The third kappa shape index (κ3) is 9.14. The van der Waals surface area contributed by atoms with E-state index >= 15 is 0 Å². The molecule has 1 saturated heterocycles. The first-order valence-electron chi connectivity index (χ1n) is 15.8. The van der Waals surface area contributed by atoms with Gasteiger partial charge in [0, 0.05) is 30.3 Å². The molecule has 1 aromatic heterocycles. The lowest BCUT2D eigenvalue weighted by Crippen LogP contribution is -2.47. The highest BCUT2D eigenvalue weighted by Crippen LogP contribution is 2.30. The Morgan fingerprint density at radius 2 is 1.75 bits per heavy atom. The van der Waals surface area contributed by atoms with E-state index in [1.54, 1.807) is 66.7 Å². The lowest BCUT2D eigenvalue weighted by Gasteiger charge is -2.29. The molecule has 0 aliphatic carbocycles. The average molecular weight is 695 g/mol. The number of carbonyl (C=O) groups excluding carboxylic acids is 3.